The zero-order valence-corrected chi connectivity index (χ0v) is 49.1. The van der Waals surface area contributed by atoms with Gasteiger partial charge in [0.15, 0.2) is 6.29 Å². The summed E-state index contributed by atoms with van der Waals surface area (Å²) in [5.41, 5.74) is 0. The second kappa shape index (κ2) is 56.3. The van der Waals surface area contributed by atoms with Crippen LogP contribution >= 0.6 is 0 Å². The predicted molar refractivity (Wildman–Crippen MR) is 331 cm³/mol. The van der Waals surface area contributed by atoms with E-state index in [1.165, 1.54) is 89.9 Å². The molecular formula is C69H113NO8. The number of aliphatic hydroxyl groups excluding tert-OH is 5. The number of carbonyl (C=O) groups is 1. The van der Waals surface area contributed by atoms with Gasteiger partial charge in [0.25, 0.3) is 0 Å². The Morgan fingerprint density at radius 3 is 1.23 bits per heavy atom. The summed E-state index contributed by atoms with van der Waals surface area (Å²) in [6.45, 7) is 3.62. The van der Waals surface area contributed by atoms with Crippen LogP contribution in [0.15, 0.2) is 146 Å². The minimum Gasteiger partial charge on any atom is -0.394 e. The number of hydrogen-bond acceptors (Lipinski definition) is 8. The molecule has 0 aromatic carbocycles. The average molecular weight is 1080 g/mol. The molecule has 78 heavy (non-hydrogen) atoms. The molecule has 1 heterocycles. The number of carbonyl (C=O) groups excluding carboxylic acids is 1. The van der Waals surface area contributed by atoms with E-state index in [0.29, 0.717) is 12.8 Å². The topological polar surface area (TPSA) is 149 Å². The molecule has 0 aromatic heterocycles. The second-order valence-electron chi connectivity index (χ2n) is 20.7. The molecule has 442 valence electrons. The monoisotopic (exact) mass is 1080 g/mol. The second-order valence-corrected chi connectivity index (χ2v) is 20.7. The highest BCUT2D eigenvalue weighted by Crippen LogP contribution is 2.23. The van der Waals surface area contributed by atoms with Crippen LogP contribution in [-0.2, 0) is 14.3 Å². The van der Waals surface area contributed by atoms with Crippen molar-refractivity contribution in [1.29, 1.82) is 0 Å². The summed E-state index contributed by atoms with van der Waals surface area (Å²) in [5, 5.41) is 54.5. The summed E-state index contributed by atoms with van der Waals surface area (Å²) >= 11 is 0. The lowest BCUT2D eigenvalue weighted by Crippen LogP contribution is -2.60. The van der Waals surface area contributed by atoms with Crippen LogP contribution in [0, 0.1) is 0 Å². The first-order valence-corrected chi connectivity index (χ1v) is 31.1. The zero-order chi connectivity index (χ0) is 56.5. The largest absolute Gasteiger partial charge is 0.394 e. The molecule has 7 atom stereocenters. The highest BCUT2D eigenvalue weighted by Gasteiger charge is 2.44. The molecular weight excluding hydrogens is 971 g/mol. The van der Waals surface area contributed by atoms with Crippen LogP contribution in [0.2, 0.25) is 0 Å². The van der Waals surface area contributed by atoms with Crippen molar-refractivity contribution < 1.29 is 39.8 Å². The number of aliphatic hydroxyl groups is 5. The lowest BCUT2D eigenvalue weighted by Gasteiger charge is -2.40. The molecule has 1 fully saturated rings. The molecule has 7 unspecified atom stereocenters. The Hall–Kier alpha value is -3.93. The first-order valence-electron chi connectivity index (χ1n) is 31.1. The summed E-state index contributed by atoms with van der Waals surface area (Å²) in [6, 6.07) is -0.859. The quantitative estimate of drug-likeness (QED) is 0.0261. The third-order valence-electron chi connectivity index (χ3n) is 13.6. The van der Waals surface area contributed by atoms with Crippen molar-refractivity contribution >= 4 is 5.91 Å². The van der Waals surface area contributed by atoms with E-state index in [9.17, 15) is 30.3 Å². The van der Waals surface area contributed by atoms with E-state index in [-0.39, 0.29) is 18.9 Å². The number of amides is 1. The summed E-state index contributed by atoms with van der Waals surface area (Å²) in [5.74, 6) is -0.228. The van der Waals surface area contributed by atoms with Gasteiger partial charge in [-0.05, 0) is 116 Å². The Morgan fingerprint density at radius 2 is 0.808 bits per heavy atom. The highest BCUT2D eigenvalue weighted by atomic mass is 16.7. The summed E-state index contributed by atoms with van der Waals surface area (Å²) in [7, 11) is 0. The van der Waals surface area contributed by atoms with Crippen LogP contribution in [0.5, 0.6) is 0 Å². The maximum absolute atomic E-state index is 13.1. The maximum atomic E-state index is 13.1. The Kier molecular flexibility index (Phi) is 52.1. The number of allylic oxidation sites excluding steroid dienone is 23. The van der Waals surface area contributed by atoms with Gasteiger partial charge in [0.2, 0.25) is 5.91 Å². The van der Waals surface area contributed by atoms with Gasteiger partial charge in [-0.1, -0.05) is 250 Å². The zero-order valence-electron chi connectivity index (χ0n) is 49.1. The fraction of sp³-hybridized carbons (Fsp3) is 0.638. The first-order chi connectivity index (χ1) is 38.3. The molecule has 9 nitrogen and oxygen atoms in total. The van der Waals surface area contributed by atoms with Crippen molar-refractivity contribution in [2.75, 3.05) is 13.2 Å². The third-order valence-corrected chi connectivity index (χ3v) is 13.6. The van der Waals surface area contributed by atoms with Gasteiger partial charge in [-0.3, -0.25) is 4.79 Å². The van der Waals surface area contributed by atoms with Crippen molar-refractivity contribution in [2.24, 2.45) is 0 Å². The van der Waals surface area contributed by atoms with Crippen LogP contribution in [0.1, 0.15) is 226 Å². The summed E-state index contributed by atoms with van der Waals surface area (Å²) in [6.07, 6.45) is 80.6. The van der Waals surface area contributed by atoms with Crippen LogP contribution in [0.25, 0.3) is 0 Å². The first kappa shape index (κ1) is 72.1. The van der Waals surface area contributed by atoms with Crippen molar-refractivity contribution in [1.82, 2.24) is 5.32 Å². The molecule has 1 amide bonds. The molecule has 0 bridgehead atoms. The lowest BCUT2D eigenvalue weighted by atomic mass is 9.99. The van der Waals surface area contributed by atoms with Crippen LogP contribution in [-0.4, -0.2) is 87.5 Å². The smallest absolute Gasteiger partial charge is 0.220 e. The van der Waals surface area contributed by atoms with E-state index in [2.05, 4.69) is 153 Å². The number of hydrogen-bond donors (Lipinski definition) is 6. The van der Waals surface area contributed by atoms with E-state index in [1.807, 2.05) is 6.08 Å². The summed E-state index contributed by atoms with van der Waals surface area (Å²) < 4.78 is 11.2. The van der Waals surface area contributed by atoms with Crippen molar-refractivity contribution in [3.63, 3.8) is 0 Å². The molecule has 9 heteroatoms. The Bertz CT molecular complexity index is 1730. The van der Waals surface area contributed by atoms with Crippen LogP contribution in [0.3, 0.4) is 0 Å². The predicted octanol–water partition coefficient (Wildman–Crippen LogP) is 16.2. The molecule has 6 N–H and O–H groups in total. The van der Waals surface area contributed by atoms with Gasteiger partial charge in [0, 0.05) is 6.42 Å². The van der Waals surface area contributed by atoms with Crippen molar-refractivity contribution in [3.8, 4) is 0 Å². The van der Waals surface area contributed by atoms with E-state index >= 15 is 0 Å². The van der Waals surface area contributed by atoms with E-state index in [0.717, 1.165) is 103 Å². The minimum absolute atomic E-state index is 0.228. The average Bonchev–Trinajstić information content (AvgIpc) is 3.45. The minimum atomic E-state index is -1.59. The molecule has 1 saturated heterocycles. The number of unbranched alkanes of at least 4 members (excludes halogenated alkanes) is 19. The van der Waals surface area contributed by atoms with Gasteiger partial charge < -0.3 is 40.3 Å². The molecule has 1 rings (SSSR count). The number of rotatable bonds is 51. The van der Waals surface area contributed by atoms with E-state index in [4.69, 9.17) is 9.47 Å². The standard InChI is InChI=1S/C69H113NO8/c1-3-5-7-9-11-13-15-17-19-21-23-25-27-29-30-31-32-33-34-35-37-39-41-43-45-47-49-51-53-55-57-59-65(73)70-62(61-77-69-68(76)67(75)66(74)64(60-71)78-69)63(72)58-56-54-52-50-48-46-44-42-40-38-36-28-26-24-22-20-18-16-14-12-10-8-6-4-2/h5,7,11,13,17,19,23,25,29-30,32-33,35,37,40-43,47-50,56,58,62-64,66-69,71-72,74-76H,3-4,6,8-10,12,14-16,18,20-22,24,26-28,31,34,36,38-39,44-46,51-55,57,59-61H2,1-2H3,(H,70,73)/b7-5-,13-11-,19-17-,25-23-,30-29-,33-32-,37-35-,42-40+,43-41-,49-47-,50-48+,58-56+. The maximum Gasteiger partial charge on any atom is 0.220 e. The fourth-order valence-electron chi connectivity index (χ4n) is 8.77. The van der Waals surface area contributed by atoms with Gasteiger partial charge in [0.05, 0.1) is 25.4 Å². The summed E-state index contributed by atoms with van der Waals surface area (Å²) in [4.78, 5) is 13.1. The van der Waals surface area contributed by atoms with Crippen molar-refractivity contribution in [2.45, 2.75) is 269 Å². The number of ether oxygens (including phenoxy) is 2. The van der Waals surface area contributed by atoms with Gasteiger partial charge >= 0.3 is 0 Å². The highest BCUT2D eigenvalue weighted by molar-refractivity contribution is 5.76. The molecule has 1 aliphatic rings. The third kappa shape index (κ3) is 44.9. The van der Waals surface area contributed by atoms with E-state index in [1.54, 1.807) is 6.08 Å². The Labute approximate surface area is 476 Å². The molecule has 0 aromatic rings. The van der Waals surface area contributed by atoms with Gasteiger partial charge in [0.1, 0.15) is 24.4 Å². The molecule has 0 spiro atoms. The van der Waals surface area contributed by atoms with Crippen LogP contribution in [0.4, 0.5) is 0 Å². The van der Waals surface area contributed by atoms with Gasteiger partial charge in [-0.2, -0.15) is 0 Å². The van der Waals surface area contributed by atoms with E-state index < -0.39 is 49.5 Å². The van der Waals surface area contributed by atoms with Gasteiger partial charge in [-0.15, -0.1) is 0 Å². The normalized spacial score (nSPS) is 19.7. The fourth-order valence-corrected chi connectivity index (χ4v) is 8.77. The molecule has 0 saturated carbocycles. The lowest BCUT2D eigenvalue weighted by molar-refractivity contribution is -0.302. The van der Waals surface area contributed by atoms with Crippen molar-refractivity contribution in [3.05, 3.63) is 146 Å². The Morgan fingerprint density at radius 1 is 0.449 bits per heavy atom. The van der Waals surface area contributed by atoms with Crippen LogP contribution < -0.4 is 5.32 Å². The van der Waals surface area contributed by atoms with Gasteiger partial charge in [-0.25, -0.2) is 0 Å². The SMILES string of the molecule is CC/C=C\C/C=C\C/C=C\C/C=C\C/C=C\C/C=C\C/C=C\C/C=C\C/C=C\CCCCCC(=O)NC(COC1OC(CO)C(O)C(O)C1O)C(O)/C=C/CC/C=C/CC/C=C/CCCCCCCCCCCCCCCC. The molecule has 0 radical (unpaired) electrons. The number of nitrogens with one attached hydrogen (secondary N) is 1. The molecule has 1 aliphatic heterocycles. The molecule has 0 aliphatic carbocycles. The Balaban J connectivity index is 2.30.